The number of amides is 1. The lowest BCUT2D eigenvalue weighted by atomic mass is 10.0. The van der Waals surface area contributed by atoms with Gasteiger partial charge in [-0.2, -0.15) is 0 Å². The molecule has 1 unspecified atom stereocenters. The fourth-order valence-corrected chi connectivity index (χ4v) is 1.87. The van der Waals surface area contributed by atoms with Gasteiger partial charge in [-0.15, -0.1) is 0 Å². The van der Waals surface area contributed by atoms with Gasteiger partial charge in [-0.1, -0.05) is 13.0 Å². The lowest BCUT2D eigenvalue weighted by Gasteiger charge is -2.10. The summed E-state index contributed by atoms with van der Waals surface area (Å²) in [6.07, 6.45) is 2.18. The topological polar surface area (TPSA) is 81.4 Å². The zero-order valence-electron chi connectivity index (χ0n) is 12.0. The molecule has 3 N–H and O–H groups in total. The molecule has 0 saturated carbocycles. The van der Waals surface area contributed by atoms with Crippen molar-refractivity contribution in [3.8, 4) is 0 Å². The Bertz CT molecular complexity index is 460. The average molecular weight is 278 g/mol. The molecular formula is C15H22N2O3. The summed E-state index contributed by atoms with van der Waals surface area (Å²) in [5.41, 5.74) is 6.49. The van der Waals surface area contributed by atoms with Crippen molar-refractivity contribution in [3.63, 3.8) is 0 Å². The summed E-state index contributed by atoms with van der Waals surface area (Å²) in [5.74, 6) is -0.0410. The first-order valence-corrected chi connectivity index (χ1v) is 6.75. The third kappa shape index (κ3) is 5.40. The Morgan fingerprint density at radius 1 is 1.35 bits per heavy atom. The van der Waals surface area contributed by atoms with Crippen LogP contribution in [0.3, 0.4) is 0 Å². The van der Waals surface area contributed by atoms with E-state index in [4.69, 9.17) is 5.73 Å². The molecule has 0 aliphatic rings. The number of nitrogens with one attached hydrogen (secondary N) is 1. The standard InChI is InChI=1S/C15H22N2O3/c1-11(8-9-16)6-7-14(18)17-13-5-3-4-12(10-13)15(19)20-2/h3-5,10-11H,6-9,16H2,1-2H3,(H,17,18). The second-order valence-electron chi connectivity index (χ2n) is 4.84. The first-order valence-electron chi connectivity index (χ1n) is 6.75. The van der Waals surface area contributed by atoms with Crippen LogP contribution in [0.5, 0.6) is 0 Å². The quantitative estimate of drug-likeness (QED) is 0.749. The van der Waals surface area contributed by atoms with Gasteiger partial charge in [0.05, 0.1) is 12.7 Å². The third-order valence-electron chi connectivity index (χ3n) is 3.09. The Morgan fingerprint density at radius 2 is 2.10 bits per heavy atom. The van der Waals surface area contributed by atoms with Gasteiger partial charge in [-0.3, -0.25) is 4.79 Å². The van der Waals surface area contributed by atoms with E-state index in [1.54, 1.807) is 24.3 Å². The van der Waals surface area contributed by atoms with Gasteiger partial charge < -0.3 is 15.8 Å². The van der Waals surface area contributed by atoms with Crippen molar-refractivity contribution in [2.75, 3.05) is 19.0 Å². The van der Waals surface area contributed by atoms with Gasteiger partial charge in [-0.25, -0.2) is 4.79 Å². The molecular weight excluding hydrogens is 256 g/mol. The number of nitrogens with two attached hydrogens (primary N) is 1. The van der Waals surface area contributed by atoms with Gasteiger partial charge in [-0.05, 0) is 43.5 Å². The van der Waals surface area contributed by atoms with E-state index in [9.17, 15) is 9.59 Å². The smallest absolute Gasteiger partial charge is 0.337 e. The third-order valence-corrected chi connectivity index (χ3v) is 3.09. The molecule has 1 atom stereocenters. The molecule has 0 bridgehead atoms. The minimum Gasteiger partial charge on any atom is -0.465 e. The van der Waals surface area contributed by atoms with E-state index in [-0.39, 0.29) is 5.91 Å². The highest BCUT2D eigenvalue weighted by molar-refractivity contribution is 5.94. The van der Waals surface area contributed by atoms with E-state index >= 15 is 0 Å². The summed E-state index contributed by atoms with van der Waals surface area (Å²) < 4.78 is 4.64. The fourth-order valence-electron chi connectivity index (χ4n) is 1.87. The minimum absolute atomic E-state index is 0.0594. The van der Waals surface area contributed by atoms with Crippen LogP contribution in [-0.2, 0) is 9.53 Å². The first-order chi connectivity index (χ1) is 9.56. The van der Waals surface area contributed by atoms with Gasteiger partial charge in [0, 0.05) is 12.1 Å². The van der Waals surface area contributed by atoms with Crippen LogP contribution in [0, 0.1) is 5.92 Å². The molecule has 0 aliphatic heterocycles. The summed E-state index contributed by atoms with van der Waals surface area (Å²) >= 11 is 0. The number of hydrogen-bond acceptors (Lipinski definition) is 4. The summed E-state index contributed by atoms with van der Waals surface area (Å²) in [7, 11) is 1.33. The van der Waals surface area contributed by atoms with Gasteiger partial charge >= 0.3 is 5.97 Å². The number of benzene rings is 1. The van der Waals surface area contributed by atoms with E-state index in [0.29, 0.717) is 30.1 Å². The maximum Gasteiger partial charge on any atom is 0.337 e. The van der Waals surface area contributed by atoms with Crippen LogP contribution in [0.2, 0.25) is 0 Å². The molecule has 1 aromatic rings. The van der Waals surface area contributed by atoms with Gasteiger partial charge in [0.25, 0.3) is 0 Å². The normalized spacial score (nSPS) is 11.8. The number of hydrogen-bond donors (Lipinski definition) is 2. The Kier molecular flexibility index (Phi) is 6.73. The second-order valence-corrected chi connectivity index (χ2v) is 4.84. The fraction of sp³-hybridized carbons (Fsp3) is 0.467. The molecule has 0 saturated heterocycles. The van der Waals surface area contributed by atoms with Crippen molar-refractivity contribution in [2.24, 2.45) is 11.7 Å². The highest BCUT2D eigenvalue weighted by Crippen LogP contribution is 2.14. The molecule has 0 fully saturated rings. The van der Waals surface area contributed by atoms with Crippen LogP contribution in [0.15, 0.2) is 24.3 Å². The summed E-state index contributed by atoms with van der Waals surface area (Å²) in [5, 5.41) is 2.78. The molecule has 0 aromatic heterocycles. The predicted octanol–water partition coefficient (Wildman–Crippen LogP) is 2.18. The van der Waals surface area contributed by atoms with Crippen molar-refractivity contribution in [1.29, 1.82) is 0 Å². The summed E-state index contributed by atoms with van der Waals surface area (Å²) in [6.45, 7) is 2.72. The molecule has 1 aromatic carbocycles. The number of carbonyl (C=O) groups excluding carboxylic acids is 2. The number of ether oxygens (including phenoxy) is 1. The number of methoxy groups -OCH3 is 1. The molecule has 110 valence electrons. The molecule has 0 aliphatic carbocycles. The van der Waals surface area contributed by atoms with E-state index < -0.39 is 5.97 Å². The predicted molar refractivity (Wildman–Crippen MR) is 78.5 cm³/mol. The monoisotopic (exact) mass is 278 g/mol. The molecule has 20 heavy (non-hydrogen) atoms. The average Bonchev–Trinajstić information content (AvgIpc) is 2.45. The van der Waals surface area contributed by atoms with E-state index in [2.05, 4.69) is 17.0 Å². The lowest BCUT2D eigenvalue weighted by Crippen LogP contribution is -2.14. The van der Waals surface area contributed by atoms with E-state index in [1.165, 1.54) is 7.11 Å². The van der Waals surface area contributed by atoms with Crippen molar-refractivity contribution < 1.29 is 14.3 Å². The molecule has 0 spiro atoms. The maximum absolute atomic E-state index is 11.8. The van der Waals surface area contributed by atoms with Crippen molar-refractivity contribution in [3.05, 3.63) is 29.8 Å². The highest BCUT2D eigenvalue weighted by atomic mass is 16.5. The molecule has 5 heteroatoms. The van der Waals surface area contributed by atoms with E-state index in [1.807, 2.05) is 0 Å². The first kappa shape index (κ1) is 16.2. The summed E-state index contributed by atoms with van der Waals surface area (Å²) in [4.78, 5) is 23.2. The van der Waals surface area contributed by atoms with Gasteiger partial charge in [0.2, 0.25) is 5.91 Å². The molecule has 1 amide bonds. The Morgan fingerprint density at radius 3 is 2.75 bits per heavy atom. The Labute approximate surface area is 119 Å². The number of rotatable bonds is 7. The van der Waals surface area contributed by atoms with Crippen molar-refractivity contribution >= 4 is 17.6 Å². The summed E-state index contributed by atoms with van der Waals surface area (Å²) in [6, 6.07) is 6.70. The van der Waals surface area contributed by atoms with Crippen LogP contribution in [0.4, 0.5) is 5.69 Å². The van der Waals surface area contributed by atoms with Crippen LogP contribution < -0.4 is 11.1 Å². The van der Waals surface area contributed by atoms with E-state index in [0.717, 1.165) is 12.8 Å². The number of anilines is 1. The van der Waals surface area contributed by atoms with Gasteiger partial charge in [0.15, 0.2) is 0 Å². The Hall–Kier alpha value is -1.88. The highest BCUT2D eigenvalue weighted by Gasteiger charge is 2.09. The number of carbonyl (C=O) groups is 2. The minimum atomic E-state index is -0.419. The van der Waals surface area contributed by atoms with Crippen LogP contribution in [-0.4, -0.2) is 25.5 Å². The molecule has 0 radical (unpaired) electrons. The zero-order valence-corrected chi connectivity index (χ0v) is 12.0. The van der Waals surface area contributed by atoms with Crippen LogP contribution in [0.25, 0.3) is 0 Å². The lowest BCUT2D eigenvalue weighted by molar-refractivity contribution is -0.116. The molecule has 0 heterocycles. The maximum atomic E-state index is 11.8. The van der Waals surface area contributed by atoms with Gasteiger partial charge in [0.1, 0.15) is 0 Å². The Balaban J connectivity index is 2.51. The van der Waals surface area contributed by atoms with Crippen molar-refractivity contribution in [1.82, 2.24) is 0 Å². The van der Waals surface area contributed by atoms with Crippen LogP contribution >= 0.6 is 0 Å². The molecule has 5 nitrogen and oxygen atoms in total. The zero-order chi connectivity index (χ0) is 15.0. The van der Waals surface area contributed by atoms with Crippen molar-refractivity contribution in [2.45, 2.75) is 26.2 Å². The largest absolute Gasteiger partial charge is 0.465 e. The number of esters is 1. The molecule has 1 rings (SSSR count). The SMILES string of the molecule is COC(=O)c1cccc(NC(=O)CCC(C)CCN)c1. The van der Waals surface area contributed by atoms with Crippen LogP contribution in [0.1, 0.15) is 36.5 Å². The second kappa shape index (κ2) is 8.32.